The number of carbonyl (C=O) groups excluding carboxylic acids is 1. The molecule has 0 aliphatic carbocycles. The summed E-state index contributed by atoms with van der Waals surface area (Å²) < 4.78 is 0. The van der Waals surface area contributed by atoms with Gasteiger partial charge in [-0.25, -0.2) is 4.98 Å². The summed E-state index contributed by atoms with van der Waals surface area (Å²) in [5.74, 6) is 1.79. The number of pyridine rings is 1. The predicted molar refractivity (Wildman–Crippen MR) is 93.9 cm³/mol. The SMILES string of the molecule is O=C(c1ccncc1)N1CCCC(c2nc(-c3ccccc3)n[nH]2)C1. The second-order valence-electron chi connectivity index (χ2n) is 6.24. The highest BCUT2D eigenvalue weighted by molar-refractivity contribution is 5.94. The van der Waals surface area contributed by atoms with Gasteiger partial charge in [0.15, 0.2) is 5.82 Å². The molecule has 1 fully saturated rings. The number of piperidine rings is 1. The van der Waals surface area contributed by atoms with Crippen LogP contribution in [-0.4, -0.2) is 44.1 Å². The molecule has 1 amide bonds. The van der Waals surface area contributed by atoms with Crippen LogP contribution in [0.25, 0.3) is 11.4 Å². The third-order valence-corrected chi connectivity index (χ3v) is 4.56. The third kappa shape index (κ3) is 3.28. The number of rotatable bonds is 3. The van der Waals surface area contributed by atoms with Gasteiger partial charge in [0.2, 0.25) is 0 Å². The molecular formula is C19H19N5O. The Kier molecular flexibility index (Phi) is 4.24. The first-order valence-electron chi connectivity index (χ1n) is 8.48. The molecule has 6 heteroatoms. The molecule has 1 saturated heterocycles. The first-order valence-corrected chi connectivity index (χ1v) is 8.48. The molecule has 3 aromatic rings. The van der Waals surface area contributed by atoms with E-state index in [2.05, 4.69) is 20.2 Å². The van der Waals surface area contributed by atoms with E-state index in [1.165, 1.54) is 0 Å². The summed E-state index contributed by atoms with van der Waals surface area (Å²) in [7, 11) is 0. The summed E-state index contributed by atoms with van der Waals surface area (Å²) in [6.07, 6.45) is 5.26. The van der Waals surface area contributed by atoms with Crippen LogP contribution in [0.4, 0.5) is 0 Å². The maximum Gasteiger partial charge on any atom is 0.253 e. The van der Waals surface area contributed by atoms with Gasteiger partial charge in [-0.15, -0.1) is 0 Å². The van der Waals surface area contributed by atoms with Gasteiger partial charge in [0, 0.05) is 42.5 Å². The van der Waals surface area contributed by atoms with E-state index in [4.69, 9.17) is 0 Å². The van der Waals surface area contributed by atoms with Crippen LogP contribution >= 0.6 is 0 Å². The number of H-pyrrole nitrogens is 1. The van der Waals surface area contributed by atoms with Crippen LogP contribution in [0.1, 0.15) is 34.9 Å². The Morgan fingerprint density at radius 2 is 1.92 bits per heavy atom. The fourth-order valence-corrected chi connectivity index (χ4v) is 3.24. The lowest BCUT2D eigenvalue weighted by atomic mass is 9.97. The Morgan fingerprint density at radius 1 is 1.12 bits per heavy atom. The van der Waals surface area contributed by atoms with E-state index in [-0.39, 0.29) is 11.8 Å². The van der Waals surface area contributed by atoms with Gasteiger partial charge in [-0.3, -0.25) is 14.9 Å². The van der Waals surface area contributed by atoms with Gasteiger partial charge >= 0.3 is 0 Å². The standard InChI is InChI=1S/C19H19N5O/c25-19(15-8-10-20-11-9-15)24-12-4-7-16(13-24)18-21-17(22-23-18)14-5-2-1-3-6-14/h1-3,5-6,8-11,16H,4,7,12-13H2,(H,21,22,23). The molecule has 1 aliphatic rings. The minimum absolute atomic E-state index is 0.0508. The molecule has 3 heterocycles. The van der Waals surface area contributed by atoms with Gasteiger partial charge < -0.3 is 4.90 Å². The Hall–Kier alpha value is -3.02. The highest BCUT2D eigenvalue weighted by Crippen LogP contribution is 2.26. The van der Waals surface area contributed by atoms with Gasteiger partial charge in [0.05, 0.1) is 0 Å². The second-order valence-corrected chi connectivity index (χ2v) is 6.24. The van der Waals surface area contributed by atoms with Crippen molar-refractivity contribution in [1.82, 2.24) is 25.1 Å². The zero-order valence-corrected chi connectivity index (χ0v) is 13.8. The third-order valence-electron chi connectivity index (χ3n) is 4.56. The molecular weight excluding hydrogens is 314 g/mol. The lowest BCUT2D eigenvalue weighted by molar-refractivity contribution is 0.0704. The van der Waals surface area contributed by atoms with Gasteiger partial charge in [0.1, 0.15) is 5.82 Å². The molecule has 0 bridgehead atoms. The van der Waals surface area contributed by atoms with Gasteiger partial charge in [-0.1, -0.05) is 30.3 Å². The van der Waals surface area contributed by atoms with Crippen LogP contribution < -0.4 is 0 Å². The summed E-state index contributed by atoms with van der Waals surface area (Å²) >= 11 is 0. The number of aromatic amines is 1. The number of hydrogen-bond acceptors (Lipinski definition) is 4. The van der Waals surface area contributed by atoms with Gasteiger partial charge in [-0.2, -0.15) is 5.10 Å². The molecule has 0 saturated carbocycles. The van der Waals surface area contributed by atoms with Crippen LogP contribution in [-0.2, 0) is 0 Å². The van der Waals surface area contributed by atoms with Gasteiger partial charge in [0.25, 0.3) is 5.91 Å². The van der Waals surface area contributed by atoms with Crippen LogP contribution in [0.3, 0.4) is 0 Å². The largest absolute Gasteiger partial charge is 0.338 e. The quantitative estimate of drug-likeness (QED) is 0.800. The topological polar surface area (TPSA) is 74.8 Å². The Bertz CT molecular complexity index is 847. The minimum Gasteiger partial charge on any atom is -0.338 e. The summed E-state index contributed by atoms with van der Waals surface area (Å²) in [6.45, 7) is 1.43. The summed E-state index contributed by atoms with van der Waals surface area (Å²) in [6, 6.07) is 13.4. The number of hydrogen-bond donors (Lipinski definition) is 1. The number of amides is 1. The zero-order valence-electron chi connectivity index (χ0n) is 13.8. The number of aromatic nitrogens is 4. The van der Waals surface area contributed by atoms with Crippen molar-refractivity contribution in [2.45, 2.75) is 18.8 Å². The molecule has 1 N–H and O–H groups in total. The Balaban J connectivity index is 1.50. The highest BCUT2D eigenvalue weighted by Gasteiger charge is 2.27. The van der Waals surface area contributed by atoms with Crippen LogP contribution in [0.5, 0.6) is 0 Å². The first-order chi connectivity index (χ1) is 12.3. The highest BCUT2D eigenvalue weighted by atomic mass is 16.2. The number of likely N-dealkylation sites (tertiary alicyclic amines) is 1. The molecule has 4 rings (SSSR count). The van der Waals surface area contributed by atoms with E-state index in [1.54, 1.807) is 24.5 Å². The first kappa shape index (κ1) is 15.5. The van der Waals surface area contributed by atoms with E-state index in [9.17, 15) is 4.79 Å². The molecule has 6 nitrogen and oxygen atoms in total. The van der Waals surface area contributed by atoms with Crippen molar-refractivity contribution in [3.63, 3.8) is 0 Å². The molecule has 2 aromatic heterocycles. The molecule has 1 atom stereocenters. The van der Waals surface area contributed by atoms with Crippen LogP contribution in [0.15, 0.2) is 54.9 Å². The van der Waals surface area contributed by atoms with Crippen molar-refractivity contribution < 1.29 is 4.79 Å². The van der Waals surface area contributed by atoms with E-state index >= 15 is 0 Å². The van der Waals surface area contributed by atoms with E-state index in [1.807, 2.05) is 35.2 Å². The lowest BCUT2D eigenvalue weighted by Gasteiger charge is -2.31. The molecule has 0 spiro atoms. The predicted octanol–water partition coefficient (Wildman–Crippen LogP) is 2.89. The van der Waals surface area contributed by atoms with Crippen molar-refractivity contribution in [2.75, 3.05) is 13.1 Å². The maximum absolute atomic E-state index is 12.7. The van der Waals surface area contributed by atoms with Gasteiger partial charge in [-0.05, 0) is 25.0 Å². The molecule has 126 valence electrons. The van der Waals surface area contributed by atoms with Crippen LogP contribution in [0, 0.1) is 0 Å². The zero-order chi connectivity index (χ0) is 17.1. The fourth-order valence-electron chi connectivity index (χ4n) is 3.24. The van der Waals surface area contributed by atoms with Crippen molar-refractivity contribution in [3.05, 3.63) is 66.2 Å². The van der Waals surface area contributed by atoms with E-state index < -0.39 is 0 Å². The number of nitrogens with zero attached hydrogens (tertiary/aromatic N) is 4. The normalized spacial score (nSPS) is 17.4. The average Bonchev–Trinajstić information content (AvgIpc) is 3.19. The Labute approximate surface area is 145 Å². The van der Waals surface area contributed by atoms with Crippen molar-refractivity contribution in [3.8, 4) is 11.4 Å². The number of benzene rings is 1. The van der Waals surface area contributed by atoms with E-state index in [0.29, 0.717) is 17.9 Å². The summed E-state index contributed by atoms with van der Waals surface area (Å²) in [5, 5.41) is 7.41. The molecule has 25 heavy (non-hydrogen) atoms. The summed E-state index contributed by atoms with van der Waals surface area (Å²) in [4.78, 5) is 23.2. The van der Waals surface area contributed by atoms with Crippen LogP contribution in [0.2, 0.25) is 0 Å². The molecule has 1 unspecified atom stereocenters. The minimum atomic E-state index is 0.0508. The average molecular weight is 333 g/mol. The second kappa shape index (κ2) is 6.84. The maximum atomic E-state index is 12.7. The Morgan fingerprint density at radius 3 is 2.72 bits per heavy atom. The van der Waals surface area contributed by atoms with Crippen molar-refractivity contribution in [1.29, 1.82) is 0 Å². The number of nitrogens with one attached hydrogen (secondary N) is 1. The fraction of sp³-hybridized carbons (Fsp3) is 0.263. The van der Waals surface area contributed by atoms with E-state index in [0.717, 1.165) is 30.8 Å². The number of carbonyl (C=O) groups is 1. The molecule has 1 aromatic carbocycles. The summed E-state index contributed by atoms with van der Waals surface area (Å²) in [5.41, 5.74) is 1.67. The molecule has 0 radical (unpaired) electrons. The molecule has 1 aliphatic heterocycles. The smallest absolute Gasteiger partial charge is 0.253 e. The van der Waals surface area contributed by atoms with Crippen molar-refractivity contribution >= 4 is 5.91 Å². The lowest BCUT2D eigenvalue weighted by Crippen LogP contribution is -2.39. The van der Waals surface area contributed by atoms with Crippen molar-refractivity contribution in [2.24, 2.45) is 0 Å². The monoisotopic (exact) mass is 333 g/mol.